The minimum absolute atomic E-state index is 0.0114. The number of benzene rings is 1. The van der Waals surface area contributed by atoms with E-state index in [-0.39, 0.29) is 16.0 Å². The van der Waals surface area contributed by atoms with Gasteiger partial charge in [0, 0.05) is 0 Å². The Morgan fingerprint density at radius 2 is 2.12 bits per heavy atom. The molecule has 1 fully saturated rings. The van der Waals surface area contributed by atoms with Gasteiger partial charge in [0.25, 0.3) is 5.91 Å². The van der Waals surface area contributed by atoms with Gasteiger partial charge in [-0.05, 0) is 36.6 Å². The Morgan fingerprint density at radius 1 is 1.44 bits per heavy atom. The Morgan fingerprint density at radius 3 is 2.68 bits per heavy atom. The van der Waals surface area contributed by atoms with E-state index in [1.54, 1.807) is 39.0 Å². The van der Waals surface area contributed by atoms with Crippen LogP contribution in [0.15, 0.2) is 23.1 Å². The van der Waals surface area contributed by atoms with Crippen molar-refractivity contribution in [2.75, 3.05) is 6.61 Å². The molecule has 1 aliphatic heterocycles. The summed E-state index contributed by atoms with van der Waals surface area (Å²) < 4.78 is 5.55. The molecular weight excluding hydrogens is 362 g/mol. The minimum Gasteiger partial charge on any atom is -0.504 e. The number of carboxylic acids is 1. The highest BCUT2D eigenvalue weighted by Gasteiger charge is 2.41. The lowest BCUT2D eigenvalue weighted by molar-refractivity contribution is -0.146. The molecule has 1 aromatic carbocycles. The molecule has 1 heterocycles. The Bertz CT molecular complexity index is 745. The molecule has 25 heavy (non-hydrogen) atoms. The molecular formula is C17H19NO5S2. The van der Waals surface area contributed by atoms with Gasteiger partial charge in [-0.15, -0.1) is 0 Å². The van der Waals surface area contributed by atoms with E-state index in [2.05, 4.69) is 0 Å². The number of carbonyl (C=O) groups excluding carboxylic acids is 1. The van der Waals surface area contributed by atoms with Gasteiger partial charge in [0.05, 0.1) is 11.5 Å². The monoisotopic (exact) mass is 381 g/mol. The molecule has 6 nitrogen and oxygen atoms in total. The number of thiocarbonyl (C=S) groups is 1. The lowest BCUT2D eigenvalue weighted by Gasteiger charge is -2.26. The highest BCUT2D eigenvalue weighted by atomic mass is 32.2. The smallest absolute Gasteiger partial charge is 0.327 e. The molecule has 0 spiro atoms. The second kappa shape index (κ2) is 7.88. The third kappa shape index (κ3) is 4.13. The van der Waals surface area contributed by atoms with Crippen molar-refractivity contribution in [2.45, 2.75) is 26.8 Å². The summed E-state index contributed by atoms with van der Waals surface area (Å²) in [4.78, 5) is 25.7. The zero-order valence-electron chi connectivity index (χ0n) is 14.1. The van der Waals surface area contributed by atoms with Crippen LogP contribution in [0.3, 0.4) is 0 Å². The van der Waals surface area contributed by atoms with Crippen molar-refractivity contribution in [3.8, 4) is 11.5 Å². The molecule has 1 atom stereocenters. The van der Waals surface area contributed by atoms with Crippen molar-refractivity contribution in [1.29, 1.82) is 0 Å². The molecule has 0 aromatic heterocycles. The number of ether oxygens (including phenoxy) is 1. The third-order valence-corrected chi connectivity index (χ3v) is 4.90. The number of carboxylic acid groups (broad SMARTS) is 1. The molecule has 1 aliphatic rings. The number of carbonyl (C=O) groups is 2. The lowest BCUT2D eigenvalue weighted by atomic mass is 10.0. The molecule has 1 amide bonds. The van der Waals surface area contributed by atoms with E-state index >= 15 is 0 Å². The average Bonchev–Trinajstić information content (AvgIpc) is 2.78. The number of phenols is 1. The van der Waals surface area contributed by atoms with Crippen LogP contribution in [-0.4, -0.2) is 44.0 Å². The number of hydrogen-bond donors (Lipinski definition) is 2. The quantitative estimate of drug-likeness (QED) is 0.578. The van der Waals surface area contributed by atoms with E-state index in [0.29, 0.717) is 22.8 Å². The lowest BCUT2D eigenvalue weighted by Crippen LogP contribution is -2.47. The van der Waals surface area contributed by atoms with Crippen molar-refractivity contribution in [3.05, 3.63) is 28.7 Å². The Kier molecular flexibility index (Phi) is 6.07. The van der Waals surface area contributed by atoms with Gasteiger partial charge in [0.15, 0.2) is 11.5 Å². The second-order valence-electron chi connectivity index (χ2n) is 5.74. The van der Waals surface area contributed by atoms with Gasteiger partial charge in [0.1, 0.15) is 10.4 Å². The molecule has 134 valence electrons. The van der Waals surface area contributed by atoms with Gasteiger partial charge in [-0.2, -0.15) is 0 Å². The molecule has 0 radical (unpaired) electrons. The van der Waals surface area contributed by atoms with Crippen LogP contribution in [0.1, 0.15) is 26.3 Å². The highest BCUT2D eigenvalue weighted by Crippen LogP contribution is 2.36. The maximum absolute atomic E-state index is 12.7. The molecule has 1 saturated heterocycles. The van der Waals surface area contributed by atoms with Gasteiger partial charge in [-0.1, -0.05) is 43.9 Å². The molecule has 8 heteroatoms. The van der Waals surface area contributed by atoms with E-state index < -0.39 is 17.9 Å². The predicted octanol–water partition coefficient (Wildman–Crippen LogP) is 3.10. The Labute approximate surface area is 155 Å². The summed E-state index contributed by atoms with van der Waals surface area (Å²) >= 11 is 6.28. The maximum atomic E-state index is 12.7. The summed E-state index contributed by atoms with van der Waals surface area (Å²) in [5, 5.41) is 19.2. The fourth-order valence-electron chi connectivity index (χ4n) is 2.46. The van der Waals surface area contributed by atoms with E-state index in [1.165, 1.54) is 6.07 Å². The van der Waals surface area contributed by atoms with Crippen LogP contribution in [0, 0.1) is 5.92 Å². The van der Waals surface area contributed by atoms with E-state index in [4.69, 9.17) is 17.0 Å². The predicted molar refractivity (Wildman–Crippen MR) is 101 cm³/mol. The summed E-state index contributed by atoms with van der Waals surface area (Å²) in [7, 11) is 0. The normalized spacial score (nSPS) is 17.4. The van der Waals surface area contributed by atoms with Gasteiger partial charge < -0.3 is 14.9 Å². The molecule has 0 saturated carbocycles. The Balaban J connectivity index is 2.34. The summed E-state index contributed by atoms with van der Waals surface area (Å²) in [6, 6.07) is 3.73. The second-order valence-corrected chi connectivity index (χ2v) is 7.41. The van der Waals surface area contributed by atoms with Gasteiger partial charge >= 0.3 is 5.97 Å². The molecule has 0 aliphatic carbocycles. The van der Waals surface area contributed by atoms with Crippen LogP contribution >= 0.6 is 24.0 Å². The van der Waals surface area contributed by atoms with Crippen molar-refractivity contribution >= 4 is 46.3 Å². The minimum atomic E-state index is -1.09. The summed E-state index contributed by atoms with van der Waals surface area (Å²) in [5.74, 6) is -1.47. The number of aromatic hydroxyl groups is 1. The van der Waals surface area contributed by atoms with E-state index in [9.17, 15) is 19.8 Å². The zero-order chi connectivity index (χ0) is 18.7. The van der Waals surface area contributed by atoms with Crippen LogP contribution in [0.4, 0.5) is 0 Å². The van der Waals surface area contributed by atoms with Crippen molar-refractivity contribution in [2.24, 2.45) is 5.92 Å². The zero-order valence-corrected chi connectivity index (χ0v) is 15.7. The maximum Gasteiger partial charge on any atom is 0.327 e. The van der Waals surface area contributed by atoms with Crippen molar-refractivity contribution < 1.29 is 24.5 Å². The number of rotatable bonds is 6. The van der Waals surface area contributed by atoms with E-state index in [1.807, 2.05) is 0 Å². The van der Waals surface area contributed by atoms with E-state index in [0.717, 1.165) is 16.7 Å². The summed E-state index contributed by atoms with van der Waals surface area (Å²) in [6.45, 7) is 5.66. The first-order valence-corrected chi connectivity index (χ1v) is 8.94. The summed E-state index contributed by atoms with van der Waals surface area (Å²) in [5.41, 5.74) is 0.651. The standard InChI is InChI=1S/C17H19NO5S2/c1-4-23-12-7-10(5-6-11(12)19)8-13-15(20)18(17(24)25-13)14(9(2)3)16(21)22/h5-9,14,19H,4H2,1-3H3,(H,21,22)/b13-8-/t14-/m1/s1. The third-order valence-electron chi connectivity index (χ3n) is 3.57. The number of amides is 1. The van der Waals surface area contributed by atoms with Crippen LogP contribution in [0.5, 0.6) is 11.5 Å². The number of phenolic OH excluding ortho intramolecular Hbond substituents is 1. The largest absolute Gasteiger partial charge is 0.504 e. The van der Waals surface area contributed by atoms with Gasteiger partial charge in [-0.25, -0.2) is 4.79 Å². The van der Waals surface area contributed by atoms with Crippen LogP contribution in [0.2, 0.25) is 0 Å². The molecule has 0 unspecified atom stereocenters. The molecule has 2 rings (SSSR count). The first kappa shape index (κ1) is 19.3. The van der Waals surface area contributed by atoms with Crippen LogP contribution < -0.4 is 4.74 Å². The molecule has 2 N–H and O–H groups in total. The SMILES string of the molecule is CCOc1cc(/C=C2\SC(=S)N([C@@H](C(=O)O)C(C)C)C2=O)ccc1O. The average molecular weight is 381 g/mol. The summed E-state index contributed by atoms with van der Waals surface area (Å²) in [6.07, 6.45) is 1.61. The first-order chi connectivity index (χ1) is 11.8. The van der Waals surface area contributed by atoms with Gasteiger partial charge in [0.2, 0.25) is 0 Å². The fourth-order valence-corrected chi connectivity index (χ4v) is 3.79. The fraction of sp³-hybridized carbons (Fsp3) is 0.353. The highest BCUT2D eigenvalue weighted by molar-refractivity contribution is 8.26. The van der Waals surface area contributed by atoms with Crippen molar-refractivity contribution in [1.82, 2.24) is 4.90 Å². The molecule has 1 aromatic rings. The number of hydrogen-bond acceptors (Lipinski definition) is 6. The number of aliphatic carboxylic acids is 1. The van der Waals surface area contributed by atoms with Crippen LogP contribution in [0.25, 0.3) is 6.08 Å². The van der Waals surface area contributed by atoms with Gasteiger partial charge in [-0.3, -0.25) is 9.69 Å². The van der Waals surface area contributed by atoms with Crippen LogP contribution in [-0.2, 0) is 9.59 Å². The van der Waals surface area contributed by atoms with Crippen molar-refractivity contribution in [3.63, 3.8) is 0 Å². The molecule has 0 bridgehead atoms. The first-order valence-electron chi connectivity index (χ1n) is 7.72. The topological polar surface area (TPSA) is 87.1 Å². The number of thioether (sulfide) groups is 1. The Hall–Kier alpha value is -2.06. The number of nitrogens with zero attached hydrogens (tertiary/aromatic N) is 1.